The van der Waals surface area contributed by atoms with E-state index in [0.29, 0.717) is 24.6 Å². The Morgan fingerprint density at radius 2 is 1.83 bits per heavy atom. The van der Waals surface area contributed by atoms with Crippen molar-refractivity contribution < 1.29 is 27.2 Å². The molecule has 1 aliphatic rings. The van der Waals surface area contributed by atoms with Crippen LogP contribution in [0.1, 0.15) is 42.0 Å². The summed E-state index contributed by atoms with van der Waals surface area (Å²) in [7, 11) is 0. The third kappa shape index (κ3) is 4.93. The van der Waals surface area contributed by atoms with Gasteiger partial charge in [0.2, 0.25) is 11.8 Å². The summed E-state index contributed by atoms with van der Waals surface area (Å²) in [6.07, 6.45) is -2.93. The van der Waals surface area contributed by atoms with Gasteiger partial charge in [-0.15, -0.1) is 0 Å². The standard InChI is InChI=1S/C21H20F4N2O2/c22-16-10-9-15(17(12-16)21(23,24)25)13-26-20(29)19(14-6-2-1-3-7-14)27-11-5-4-8-18(27)28/h1-3,6-7,9-10,12,19H,4-5,8,11,13H2,(H,26,29). The number of carbonyl (C=O) groups is 2. The molecule has 0 radical (unpaired) electrons. The lowest BCUT2D eigenvalue weighted by atomic mass is 10.00. The van der Waals surface area contributed by atoms with E-state index in [2.05, 4.69) is 5.32 Å². The van der Waals surface area contributed by atoms with Crippen molar-refractivity contribution >= 4 is 11.8 Å². The van der Waals surface area contributed by atoms with Gasteiger partial charge in [-0.05, 0) is 36.1 Å². The number of alkyl halides is 3. The Morgan fingerprint density at radius 3 is 2.48 bits per heavy atom. The Balaban J connectivity index is 1.84. The molecule has 0 aromatic heterocycles. The fourth-order valence-corrected chi connectivity index (χ4v) is 3.45. The van der Waals surface area contributed by atoms with Crippen molar-refractivity contribution in [2.24, 2.45) is 0 Å². The number of likely N-dealkylation sites (tertiary alicyclic amines) is 1. The molecule has 0 saturated carbocycles. The summed E-state index contributed by atoms with van der Waals surface area (Å²) in [4.78, 5) is 26.8. The van der Waals surface area contributed by atoms with Crippen LogP contribution in [0.5, 0.6) is 0 Å². The number of nitrogens with zero attached hydrogens (tertiary/aromatic N) is 1. The zero-order valence-corrected chi connectivity index (χ0v) is 15.5. The Bertz CT molecular complexity index is 884. The van der Waals surface area contributed by atoms with E-state index in [1.165, 1.54) is 4.90 Å². The summed E-state index contributed by atoms with van der Waals surface area (Å²) in [5, 5.41) is 2.49. The van der Waals surface area contributed by atoms with Gasteiger partial charge in [0.15, 0.2) is 0 Å². The van der Waals surface area contributed by atoms with Crippen LogP contribution in [0.15, 0.2) is 48.5 Å². The molecule has 0 spiro atoms. The molecule has 1 unspecified atom stereocenters. The fourth-order valence-electron chi connectivity index (χ4n) is 3.45. The highest BCUT2D eigenvalue weighted by Gasteiger charge is 2.35. The van der Waals surface area contributed by atoms with Gasteiger partial charge in [-0.1, -0.05) is 36.4 Å². The Kier molecular flexibility index (Phi) is 6.20. The SMILES string of the molecule is O=C(NCc1ccc(F)cc1C(F)(F)F)C(c1ccccc1)N1CCCCC1=O. The molecule has 2 aromatic carbocycles. The first kappa shape index (κ1) is 20.8. The van der Waals surface area contributed by atoms with Gasteiger partial charge < -0.3 is 10.2 Å². The Labute approximate surface area is 165 Å². The largest absolute Gasteiger partial charge is 0.416 e. The number of hydrogen-bond donors (Lipinski definition) is 1. The predicted molar refractivity (Wildman–Crippen MR) is 98.0 cm³/mol. The van der Waals surface area contributed by atoms with Crippen molar-refractivity contribution in [1.82, 2.24) is 10.2 Å². The second-order valence-corrected chi connectivity index (χ2v) is 6.87. The lowest BCUT2D eigenvalue weighted by Crippen LogP contribution is -2.45. The summed E-state index contributed by atoms with van der Waals surface area (Å²) < 4.78 is 52.8. The summed E-state index contributed by atoms with van der Waals surface area (Å²) in [6, 6.07) is 10.0. The van der Waals surface area contributed by atoms with Crippen LogP contribution in [0.3, 0.4) is 0 Å². The van der Waals surface area contributed by atoms with E-state index in [-0.39, 0.29) is 11.5 Å². The zero-order chi connectivity index (χ0) is 21.0. The molecule has 1 fully saturated rings. The summed E-state index contributed by atoms with van der Waals surface area (Å²) >= 11 is 0. The van der Waals surface area contributed by atoms with Crippen molar-refractivity contribution in [3.8, 4) is 0 Å². The molecule has 154 valence electrons. The molecule has 29 heavy (non-hydrogen) atoms. The van der Waals surface area contributed by atoms with Crippen LogP contribution in [-0.2, 0) is 22.3 Å². The number of benzene rings is 2. The van der Waals surface area contributed by atoms with Crippen LogP contribution in [0.25, 0.3) is 0 Å². The fraction of sp³-hybridized carbons (Fsp3) is 0.333. The van der Waals surface area contributed by atoms with E-state index in [9.17, 15) is 27.2 Å². The Morgan fingerprint density at radius 1 is 1.10 bits per heavy atom. The maximum absolute atomic E-state index is 13.3. The van der Waals surface area contributed by atoms with E-state index >= 15 is 0 Å². The smallest absolute Gasteiger partial charge is 0.350 e. The summed E-state index contributed by atoms with van der Waals surface area (Å²) in [5.41, 5.74) is -0.803. The molecule has 8 heteroatoms. The number of piperidine rings is 1. The van der Waals surface area contributed by atoms with Crippen molar-refractivity contribution in [3.05, 3.63) is 71.0 Å². The first-order valence-electron chi connectivity index (χ1n) is 9.25. The molecule has 1 aliphatic heterocycles. The van der Waals surface area contributed by atoms with Crippen LogP contribution in [0.2, 0.25) is 0 Å². The van der Waals surface area contributed by atoms with Gasteiger partial charge >= 0.3 is 6.18 Å². The average molecular weight is 408 g/mol. The van der Waals surface area contributed by atoms with Gasteiger partial charge in [-0.3, -0.25) is 9.59 Å². The first-order chi connectivity index (χ1) is 13.8. The topological polar surface area (TPSA) is 49.4 Å². The number of halogens is 4. The third-order valence-corrected chi connectivity index (χ3v) is 4.87. The van der Waals surface area contributed by atoms with Crippen LogP contribution >= 0.6 is 0 Å². The lowest BCUT2D eigenvalue weighted by Gasteiger charge is -2.34. The van der Waals surface area contributed by atoms with E-state index in [4.69, 9.17) is 0 Å². The predicted octanol–water partition coefficient (Wildman–Crippen LogP) is 4.21. The highest BCUT2D eigenvalue weighted by molar-refractivity contribution is 5.89. The van der Waals surface area contributed by atoms with Gasteiger partial charge in [0.25, 0.3) is 0 Å². The van der Waals surface area contributed by atoms with Gasteiger partial charge in [0, 0.05) is 19.5 Å². The van der Waals surface area contributed by atoms with Crippen molar-refractivity contribution in [2.75, 3.05) is 6.54 Å². The van der Waals surface area contributed by atoms with Crippen molar-refractivity contribution in [2.45, 2.75) is 38.0 Å². The number of amides is 2. The molecule has 2 aromatic rings. The van der Waals surface area contributed by atoms with Gasteiger partial charge in [-0.2, -0.15) is 13.2 Å². The van der Waals surface area contributed by atoms with Gasteiger partial charge in [-0.25, -0.2) is 4.39 Å². The molecule has 0 bridgehead atoms. The van der Waals surface area contributed by atoms with Crippen LogP contribution in [0, 0.1) is 5.82 Å². The molecular weight excluding hydrogens is 388 g/mol. The number of carbonyl (C=O) groups excluding carboxylic acids is 2. The van der Waals surface area contributed by atoms with E-state index in [1.807, 2.05) is 0 Å². The van der Waals surface area contributed by atoms with E-state index < -0.39 is 36.1 Å². The molecule has 1 heterocycles. The van der Waals surface area contributed by atoms with Gasteiger partial charge in [0.1, 0.15) is 11.9 Å². The number of nitrogens with one attached hydrogen (secondary N) is 1. The van der Waals surface area contributed by atoms with E-state index in [0.717, 1.165) is 25.0 Å². The molecular formula is C21H20F4N2O2. The maximum Gasteiger partial charge on any atom is 0.416 e. The molecule has 3 rings (SSSR count). The number of rotatable bonds is 5. The van der Waals surface area contributed by atoms with Gasteiger partial charge in [0.05, 0.1) is 5.56 Å². The second-order valence-electron chi connectivity index (χ2n) is 6.87. The maximum atomic E-state index is 13.3. The average Bonchev–Trinajstić information content (AvgIpc) is 2.69. The molecule has 1 saturated heterocycles. The van der Waals surface area contributed by atoms with Crippen LogP contribution in [-0.4, -0.2) is 23.3 Å². The van der Waals surface area contributed by atoms with E-state index in [1.54, 1.807) is 30.3 Å². The molecule has 2 amide bonds. The highest BCUT2D eigenvalue weighted by atomic mass is 19.4. The monoisotopic (exact) mass is 408 g/mol. The minimum atomic E-state index is -4.75. The highest BCUT2D eigenvalue weighted by Crippen LogP contribution is 2.33. The molecule has 4 nitrogen and oxygen atoms in total. The van der Waals surface area contributed by atoms with Crippen LogP contribution in [0.4, 0.5) is 17.6 Å². The molecule has 1 atom stereocenters. The summed E-state index contributed by atoms with van der Waals surface area (Å²) in [5.74, 6) is -1.75. The van der Waals surface area contributed by atoms with Crippen molar-refractivity contribution in [3.63, 3.8) is 0 Å². The zero-order valence-electron chi connectivity index (χ0n) is 15.5. The lowest BCUT2D eigenvalue weighted by molar-refractivity contribution is -0.143. The number of hydrogen-bond acceptors (Lipinski definition) is 2. The van der Waals surface area contributed by atoms with Crippen molar-refractivity contribution in [1.29, 1.82) is 0 Å². The Hall–Kier alpha value is -2.90. The third-order valence-electron chi connectivity index (χ3n) is 4.87. The molecule has 0 aliphatic carbocycles. The molecule has 1 N–H and O–H groups in total. The van der Waals surface area contributed by atoms with Crippen LogP contribution < -0.4 is 5.32 Å². The quantitative estimate of drug-likeness (QED) is 0.754. The first-order valence-corrected chi connectivity index (χ1v) is 9.25. The minimum absolute atomic E-state index is 0.169. The summed E-state index contributed by atoms with van der Waals surface area (Å²) in [6.45, 7) is -0.0323. The minimum Gasteiger partial charge on any atom is -0.350 e. The normalized spacial score (nSPS) is 15.9. The second kappa shape index (κ2) is 8.63.